The predicted octanol–water partition coefficient (Wildman–Crippen LogP) is 4.98. The number of oxazole rings is 1. The predicted molar refractivity (Wildman–Crippen MR) is 105 cm³/mol. The summed E-state index contributed by atoms with van der Waals surface area (Å²) in [5, 5.41) is 0.694. The van der Waals surface area contributed by atoms with Crippen LogP contribution in [0.2, 0.25) is 5.02 Å². The van der Waals surface area contributed by atoms with Crippen molar-refractivity contribution in [3.63, 3.8) is 0 Å². The summed E-state index contributed by atoms with van der Waals surface area (Å²) in [6.45, 7) is 1.48. The number of amides is 1. The maximum Gasteiger partial charge on any atom is 0.232 e. The number of aromatic nitrogens is 1. The van der Waals surface area contributed by atoms with Crippen molar-refractivity contribution in [1.29, 1.82) is 0 Å². The molecule has 26 heavy (non-hydrogen) atoms. The normalized spacial score (nSPS) is 15.5. The molecule has 2 heterocycles. The summed E-state index contributed by atoms with van der Waals surface area (Å²) in [6.07, 6.45) is 1.77. The lowest BCUT2D eigenvalue weighted by molar-refractivity contribution is -0.129. The number of hydrogen-bond donors (Lipinski definition) is 0. The van der Waals surface area contributed by atoms with E-state index in [0.29, 0.717) is 10.8 Å². The molecule has 1 aliphatic heterocycles. The minimum absolute atomic E-state index is 0.158. The first kappa shape index (κ1) is 17.4. The summed E-state index contributed by atoms with van der Waals surface area (Å²) in [5.41, 5.74) is 1.73. The van der Waals surface area contributed by atoms with Gasteiger partial charge in [0.15, 0.2) is 11.5 Å². The lowest BCUT2D eigenvalue weighted by Gasteiger charge is -2.30. The van der Waals surface area contributed by atoms with Crippen LogP contribution in [0.4, 0.5) is 0 Å². The number of carbonyl (C=O) groups is 1. The third kappa shape index (κ3) is 3.74. The topological polar surface area (TPSA) is 46.3 Å². The molecule has 4 nitrogen and oxygen atoms in total. The molecule has 0 spiro atoms. The number of hydrogen-bond acceptors (Lipinski definition) is 4. The highest BCUT2D eigenvalue weighted by atomic mass is 35.5. The van der Waals surface area contributed by atoms with Crippen molar-refractivity contribution in [3.05, 3.63) is 59.4 Å². The maximum atomic E-state index is 12.5. The number of rotatable bonds is 4. The van der Waals surface area contributed by atoms with Crippen molar-refractivity contribution in [2.75, 3.05) is 18.8 Å². The highest BCUT2D eigenvalue weighted by molar-refractivity contribution is 8.00. The molecule has 1 saturated heterocycles. The standard InChI is InChI=1S/C20H19ClN2O2S/c21-15-5-1-4-8-18(15)26-13-19(24)23-11-9-14(10-12-23)20-22-16-6-2-3-7-17(16)25-20/h1-8,14H,9-13H2. The van der Waals surface area contributed by atoms with Crippen LogP contribution in [0.15, 0.2) is 57.8 Å². The average molecular weight is 387 g/mol. The fraction of sp³-hybridized carbons (Fsp3) is 0.300. The molecule has 2 aromatic carbocycles. The van der Waals surface area contributed by atoms with Crippen LogP contribution in [-0.2, 0) is 4.79 Å². The number of nitrogens with zero attached hydrogens (tertiary/aromatic N) is 2. The van der Waals surface area contributed by atoms with Crippen LogP contribution >= 0.6 is 23.4 Å². The zero-order valence-electron chi connectivity index (χ0n) is 14.2. The Kier molecular flexibility index (Phi) is 5.18. The molecule has 1 aliphatic rings. The average Bonchev–Trinajstić information content (AvgIpc) is 3.11. The molecule has 4 rings (SSSR count). The number of fused-ring (bicyclic) bond motifs is 1. The highest BCUT2D eigenvalue weighted by Crippen LogP contribution is 2.31. The van der Waals surface area contributed by atoms with Gasteiger partial charge < -0.3 is 9.32 Å². The molecule has 0 atom stereocenters. The number of benzene rings is 2. The van der Waals surface area contributed by atoms with Crippen LogP contribution in [0.3, 0.4) is 0 Å². The van der Waals surface area contributed by atoms with Crippen molar-refractivity contribution in [2.45, 2.75) is 23.7 Å². The summed E-state index contributed by atoms with van der Waals surface area (Å²) >= 11 is 7.65. The van der Waals surface area contributed by atoms with E-state index in [1.54, 1.807) is 0 Å². The number of thioether (sulfide) groups is 1. The zero-order chi connectivity index (χ0) is 17.9. The van der Waals surface area contributed by atoms with Gasteiger partial charge in [0.05, 0.1) is 10.8 Å². The van der Waals surface area contributed by atoms with Crippen molar-refractivity contribution >= 4 is 40.4 Å². The van der Waals surface area contributed by atoms with Gasteiger partial charge in [0.2, 0.25) is 5.91 Å². The number of likely N-dealkylation sites (tertiary alicyclic amines) is 1. The highest BCUT2D eigenvalue weighted by Gasteiger charge is 2.27. The van der Waals surface area contributed by atoms with Crippen molar-refractivity contribution in [3.8, 4) is 0 Å². The Balaban J connectivity index is 1.33. The Morgan fingerprint density at radius 1 is 1.15 bits per heavy atom. The molecule has 0 bridgehead atoms. The lowest BCUT2D eigenvalue weighted by Crippen LogP contribution is -2.39. The second-order valence-electron chi connectivity index (χ2n) is 6.39. The Morgan fingerprint density at radius 2 is 1.88 bits per heavy atom. The molecule has 0 unspecified atom stereocenters. The number of halogens is 1. The Morgan fingerprint density at radius 3 is 2.65 bits per heavy atom. The van der Waals surface area contributed by atoms with E-state index >= 15 is 0 Å². The number of piperidine rings is 1. The second-order valence-corrected chi connectivity index (χ2v) is 7.82. The Hall–Kier alpha value is -1.98. The third-order valence-corrected chi connectivity index (χ3v) is 6.20. The molecule has 1 aromatic heterocycles. The largest absolute Gasteiger partial charge is 0.440 e. The lowest BCUT2D eigenvalue weighted by atomic mass is 9.97. The molecular weight excluding hydrogens is 368 g/mol. The first-order valence-corrected chi connectivity index (χ1v) is 10.1. The molecule has 0 aliphatic carbocycles. The van der Waals surface area contributed by atoms with E-state index in [1.807, 2.05) is 53.4 Å². The molecule has 134 valence electrons. The van der Waals surface area contributed by atoms with Crippen molar-refractivity contribution < 1.29 is 9.21 Å². The van der Waals surface area contributed by atoms with Gasteiger partial charge in [0.1, 0.15) is 5.52 Å². The van der Waals surface area contributed by atoms with Gasteiger partial charge in [-0.15, -0.1) is 11.8 Å². The van der Waals surface area contributed by atoms with E-state index in [9.17, 15) is 4.79 Å². The van der Waals surface area contributed by atoms with E-state index in [1.165, 1.54) is 11.8 Å². The molecule has 1 fully saturated rings. The van der Waals surface area contributed by atoms with Crippen LogP contribution in [0.5, 0.6) is 0 Å². The molecule has 0 N–H and O–H groups in total. The van der Waals surface area contributed by atoms with Crippen molar-refractivity contribution in [2.24, 2.45) is 0 Å². The minimum atomic E-state index is 0.158. The summed E-state index contributed by atoms with van der Waals surface area (Å²) in [5.74, 6) is 1.65. The molecule has 0 radical (unpaired) electrons. The quantitative estimate of drug-likeness (QED) is 0.593. The van der Waals surface area contributed by atoms with Crippen LogP contribution in [0, 0.1) is 0 Å². The van der Waals surface area contributed by atoms with E-state index in [2.05, 4.69) is 4.98 Å². The summed E-state index contributed by atoms with van der Waals surface area (Å²) in [4.78, 5) is 20.0. The van der Waals surface area contributed by atoms with Gasteiger partial charge in [-0.1, -0.05) is 35.9 Å². The van der Waals surface area contributed by atoms with Crippen LogP contribution < -0.4 is 0 Å². The Labute approximate surface area is 161 Å². The first-order chi connectivity index (χ1) is 12.7. The smallest absolute Gasteiger partial charge is 0.232 e. The van der Waals surface area contributed by atoms with Gasteiger partial charge in [-0.05, 0) is 37.1 Å². The zero-order valence-corrected chi connectivity index (χ0v) is 15.8. The van der Waals surface area contributed by atoms with Crippen LogP contribution in [0.1, 0.15) is 24.7 Å². The molecular formula is C20H19ClN2O2S. The number of carbonyl (C=O) groups excluding carboxylic acids is 1. The Bertz CT molecular complexity index is 886. The summed E-state index contributed by atoms with van der Waals surface area (Å²) < 4.78 is 5.89. The maximum absolute atomic E-state index is 12.5. The molecule has 3 aromatic rings. The van der Waals surface area contributed by atoms with Gasteiger partial charge in [0.25, 0.3) is 0 Å². The first-order valence-electron chi connectivity index (χ1n) is 8.71. The monoisotopic (exact) mass is 386 g/mol. The van der Waals surface area contributed by atoms with E-state index < -0.39 is 0 Å². The van der Waals surface area contributed by atoms with Crippen LogP contribution in [0.25, 0.3) is 11.1 Å². The van der Waals surface area contributed by atoms with Gasteiger partial charge in [-0.2, -0.15) is 0 Å². The fourth-order valence-corrected chi connectivity index (χ4v) is 4.37. The summed E-state index contributed by atoms with van der Waals surface area (Å²) in [7, 11) is 0. The van der Waals surface area contributed by atoms with Gasteiger partial charge >= 0.3 is 0 Å². The van der Waals surface area contributed by atoms with Crippen molar-refractivity contribution in [1.82, 2.24) is 9.88 Å². The minimum Gasteiger partial charge on any atom is -0.440 e. The molecule has 0 saturated carbocycles. The SMILES string of the molecule is O=C(CSc1ccccc1Cl)N1CCC(c2nc3ccccc3o2)CC1. The third-order valence-electron chi connectivity index (χ3n) is 4.70. The molecule has 6 heteroatoms. The number of para-hydroxylation sites is 2. The van der Waals surface area contributed by atoms with E-state index in [4.69, 9.17) is 16.0 Å². The molecule has 1 amide bonds. The van der Waals surface area contributed by atoms with Gasteiger partial charge in [-0.3, -0.25) is 4.79 Å². The fourth-order valence-electron chi connectivity index (χ4n) is 3.23. The van der Waals surface area contributed by atoms with E-state index in [0.717, 1.165) is 47.8 Å². The van der Waals surface area contributed by atoms with Crippen LogP contribution in [-0.4, -0.2) is 34.6 Å². The van der Waals surface area contributed by atoms with Gasteiger partial charge in [-0.25, -0.2) is 4.98 Å². The van der Waals surface area contributed by atoms with E-state index in [-0.39, 0.29) is 11.8 Å². The van der Waals surface area contributed by atoms with Gasteiger partial charge in [0, 0.05) is 23.9 Å². The summed E-state index contributed by atoms with van der Waals surface area (Å²) in [6, 6.07) is 15.4. The second kappa shape index (κ2) is 7.72.